The second-order valence-electron chi connectivity index (χ2n) is 5.73. The molecule has 0 aliphatic heterocycles. The fourth-order valence-electron chi connectivity index (χ4n) is 2.97. The number of nitrogens with one attached hydrogen (secondary N) is 1. The second kappa shape index (κ2) is 7.61. The Hall–Kier alpha value is -0.930. The largest absolute Gasteiger partial charge is 0.314 e. The Morgan fingerprint density at radius 3 is 2.53 bits per heavy atom. The fourth-order valence-corrected chi connectivity index (χ4v) is 2.97. The molecule has 1 saturated carbocycles. The van der Waals surface area contributed by atoms with Gasteiger partial charge < -0.3 is 5.32 Å². The molecule has 0 bridgehead atoms. The van der Waals surface area contributed by atoms with E-state index in [9.17, 15) is 0 Å². The maximum atomic E-state index is 4.08. The van der Waals surface area contributed by atoms with Gasteiger partial charge in [-0.25, -0.2) is 0 Å². The molecule has 0 atom stereocenters. The van der Waals surface area contributed by atoms with Gasteiger partial charge in [0, 0.05) is 31.0 Å². The minimum atomic E-state index is 0.743. The Morgan fingerprint density at radius 2 is 1.89 bits per heavy atom. The van der Waals surface area contributed by atoms with Crippen molar-refractivity contribution in [3.05, 3.63) is 30.1 Å². The molecule has 0 spiro atoms. The van der Waals surface area contributed by atoms with E-state index >= 15 is 0 Å². The highest BCUT2D eigenvalue weighted by molar-refractivity contribution is 5.09. The van der Waals surface area contributed by atoms with Crippen LogP contribution in [0.3, 0.4) is 0 Å². The van der Waals surface area contributed by atoms with Gasteiger partial charge in [-0.1, -0.05) is 6.92 Å². The van der Waals surface area contributed by atoms with Crippen LogP contribution in [0.2, 0.25) is 0 Å². The number of aromatic nitrogens is 1. The molecule has 3 nitrogen and oxygen atoms in total. The van der Waals surface area contributed by atoms with E-state index < -0.39 is 0 Å². The van der Waals surface area contributed by atoms with Crippen LogP contribution in [0.1, 0.15) is 44.6 Å². The summed E-state index contributed by atoms with van der Waals surface area (Å²) in [5.74, 6) is 0. The number of hydrogen-bond acceptors (Lipinski definition) is 3. The van der Waals surface area contributed by atoms with Gasteiger partial charge in [-0.15, -0.1) is 0 Å². The van der Waals surface area contributed by atoms with Crippen molar-refractivity contribution in [3.8, 4) is 0 Å². The zero-order chi connectivity index (χ0) is 13.5. The molecule has 106 valence electrons. The van der Waals surface area contributed by atoms with E-state index in [-0.39, 0.29) is 0 Å². The van der Waals surface area contributed by atoms with Crippen LogP contribution in [-0.4, -0.2) is 35.6 Å². The van der Waals surface area contributed by atoms with Gasteiger partial charge in [-0.3, -0.25) is 9.88 Å². The van der Waals surface area contributed by atoms with Crippen molar-refractivity contribution in [1.29, 1.82) is 0 Å². The van der Waals surface area contributed by atoms with Gasteiger partial charge in [0.25, 0.3) is 0 Å². The summed E-state index contributed by atoms with van der Waals surface area (Å²) in [5.41, 5.74) is 1.36. The van der Waals surface area contributed by atoms with Crippen LogP contribution in [0.25, 0.3) is 0 Å². The van der Waals surface area contributed by atoms with Crippen LogP contribution in [-0.2, 0) is 6.54 Å². The third-order valence-corrected chi connectivity index (χ3v) is 4.18. The van der Waals surface area contributed by atoms with Gasteiger partial charge in [0.2, 0.25) is 0 Å². The minimum absolute atomic E-state index is 0.743. The lowest BCUT2D eigenvalue weighted by Gasteiger charge is -2.35. The van der Waals surface area contributed by atoms with Gasteiger partial charge in [0.1, 0.15) is 0 Å². The molecule has 1 heterocycles. The SMILES string of the molecule is CCCNC1CCC(N(C)Cc2ccncc2)CC1. The number of rotatable bonds is 6. The van der Waals surface area contributed by atoms with Gasteiger partial charge in [0.05, 0.1) is 0 Å². The Morgan fingerprint density at radius 1 is 1.21 bits per heavy atom. The van der Waals surface area contributed by atoms with E-state index in [1.165, 1.54) is 44.2 Å². The summed E-state index contributed by atoms with van der Waals surface area (Å²) in [5, 5.41) is 3.65. The van der Waals surface area contributed by atoms with Crippen molar-refractivity contribution in [2.45, 2.75) is 57.7 Å². The normalized spacial score (nSPS) is 23.7. The summed E-state index contributed by atoms with van der Waals surface area (Å²) in [6.45, 7) is 4.45. The van der Waals surface area contributed by atoms with Crippen molar-refractivity contribution in [1.82, 2.24) is 15.2 Å². The van der Waals surface area contributed by atoms with E-state index in [1.807, 2.05) is 12.4 Å². The van der Waals surface area contributed by atoms with E-state index in [1.54, 1.807) is 0 Å². The highest BCUT2D eigenvalue weighted by atomic mass is 15.1. The van der Waals surface area contributed by atoms with E-state index in [0.29, 0.717) is 0 Å². The maximum Gasteiger partial charge on any atom is 0.0271 e. The van der Waals surface area contributed by atoms with Gasteiger partial charge in [0.15, 0.2) is 0 Å². The second-order valence-corrected chi connectivity index (χ2v) is 5.73. The van der Waals surface area contributed by atoms with Gasteiger partial charge in [-0.2, -0.15) is 0 Å². The Balaban J connectivity index is 1.74. The smallest absolute Gasteiger partial charge is 0.0271 e. The minimum Gasteiger partial charge on any atom is -0.314 e. The first-order valence-corrected chi connectivity index (χ1v) is 7.62. The molecular weight excluding hydrogens is 234 g/mol. The summed E-state index contributed by atoms with van der Waals surface area (Å²) < 4.78 is 0. The van der Waals surface area contributed by atoms with Crippen LogP contribution < -0.4 is 5.32 Å². The van der Waals surface area contributed by atoms with Crippen molar-refractivity contribution < 1.29 is 0 Å². The summed E-state index contributed by atoms with van der Waals surface area (Å²) in [7, 11) is 2.25. The molecule has 1 aliphatic rings. The summed E-state index contributed by atoms with van der Waals surface area (Å²) in [6, 6.07) is 5.73. The quantitative estimate of drug-likeness (QED) is 0.853. The van der Waals surface area contributed by atoms with Gasteiger partial charge in [-0.05, 0) is 63.4 Å². The number of nitrogens with zero attached hydrogens (tertiary/aromatic N) is 2. The van der Waals surface area contributed by atoms with Crippen LogP contribution >= 0.6 is 0 Å². The van der Waals surface area contributed by atoms with Crippen molar-refractivity contribution in [2.75, 3.05) is 13.6 Å². The molecule has 0 unspecified atom stereocenters. The van der Waals surface area contributed by atoms with Crippen LogP contribution in [0.4, 0.5) is 0 Å². The molecule has 3 heteroatoms. The summed E-state index contributed by atoms with van der Waals surface area (Å²) in [4.78, 5) is 6.58. The highest BCUT2D eigenvalue weighted by Gasteiger charge is 2.23. The van der Waals surface area contributed by atoms with E-state index in [2.05, 4.69) is 41.3 Å². The molecular formula is C16H27N3. The highest BCUT2D eigenvalue weighted by Crippen LogP contribution is 2.23. The molecule has 2 rings (SSSR count). The van der Waals surface area contributed by atoms with Crippen LogP contribution in [0, 0.1) is 0 Å². The average molecular weight is 261 g/mol. The van der Waals surface area contributed by atoms with E-state index in [4.69, 9.17) is 0 Å². The summed E-state index contributed by atoms with van der Waals surface area (Å²) in [6.07, 6.45) is 10.3. The molecule has 1 N–H and O–H groups in total. The van der Waals surface area contributed by atoms with Crippen LogP contribution in [0.5, 0.6) is 0 Å². The molecule has 1 aromatic rings. The molecule has 19 heavy (non-hydrogen) atoms. The first-order valence-electron chi connectivity index (χ1n) is 7.62. The maximum absolute atomic E-state index is 4.08. The van der Waals surface area contributed by atoms with E-state index in [0.717, 1.165) is 18.6 Å². The molecule has 0 aromatic carbocycles. The Kier molecular flexibility index (Phi) is 5.80. The van der Waals surface area contributed by atoms with Crippen LogP contribution in [0.15, 0.2) is 24.5 Å². The summed E-state index contributed by atoms with van der Waals surface area (Å²) >= 11 is 0. The van der Waals surface area contributed by atoms with Crippen molar-refractivity contribution in [2.24, 2.45) is 0 Å². The average Bonchev–Trinajstić information content (AvgIpc) is 2.46. The zero-order valence-corrected chi connectivity index (χ0v) is 12.3. The fraction of sp³-hybridized carbons (Fsp3) is 0.688. The lowest BCUT2D eigenvalue weighted by molar-refractivity contribution is 0.168. The zero-order valence-electron chi connectivity index (χ0n) is 12.3. The topological polar surface area (TPSA) is 28.2 Å². The third-order valence-electron chi connectivity index (χ3n) is 4.18. The first-order chi connectivity index (χ1) is 9.29. The molecule has 0 amide bonds. The molecule has 1 fully saturated rings. The standard InChI is InChI=1S/C16H27N3/c1-3-10-18-15-4-6-16(7-5-15)19(2)13-14-8-11-17-12-9-14/h8-9,11-12,15-16,18H,3-7,10,13H2,1-2H3. The monoisotopic (exact) mass is 261 g/mol. The molecule has 1 aromatic heterocycles. The predicted molar refractivity (Wildman–Crippen MR) is 80.0 cm³/mol. The molecule has 0 saturated heterocycles. The van der Waals surface area contributed by atoms with Gasteiger partial charge >= 0.3 is 0 Å². The lowest BCUT2D eigenvalue weighted by atomic mass is 9.90. The third kappa shape index (κ3) is 4.59. The Bertz CT molecular complexity index is 344. The number of hydrogen-bond donors (Lipinski definition) is 1. The van der Waals surface area contributed by atoms with Crippen molar-refractivity contribution >= 4 is 0 Å². The molecule has 1 aliphatic carbocycles. The number of pyridine rings is 1. The molecule has 0 radical (unpaired) electrons. The van der Waals surface area contributed by atoms with Crippen molar-refractivity contribution in [3.63, 3.8) is 0 Å². The Labute approximate surface area is 117 Å². The first kappa shape index (κ1) is 14.5. The lowest BCUT2D eigenvalue weighted by Crippen LogP contribution is -2.40. The predicted octanol–water partition coefficient (Wildman–Crippen LogP) is 2.82.